The predicted octanol–water partition coefficient (Wildman–Crippen LogP) is 1.52. The van der Waals surface area contributed by atoms with Crippen LogP contribution in [0, 0.1) is 0 Å². The number of carbonyl (C=O) groups excluding carboxylic acids is 1. The maximum atomic E-state index is 11.3. The van der Waals surface area contributed by atoms with Crippen molar-refractivity contribution >= 4 is 5.78 Å². The van der Waals surface area contributed by atoms with Crippen LogP contribution in [0.15, 0.2) is 22.8 Å². The van der Waals surface area contributed by atoms with Crippen molar-refractivity contribution in [3.63, 3.8) is 0 Å². The van der Waals surface area contributed by atoms with E-state index in [0.29, 0.717) is 25.6 Å². The molecule has 0 unspecified atom stereocenters. The molecular formula is C10H14O4. The monoisotopic (exact) mass is 198 g/mol. The fourth-order valence-corrected chi connectivity index (χ4v) is 0.935. The second-order valence-corrected chi connectivity index (χ2v) is 2.65. The Morgan fingerprint density at radius 1 is 1.43 bits per heavy atom. The first-order valence-corrected chi connectivity index (χ1v) is 4.56. The minimum Gasteiger partial charge on any atom is -0.461 e. The Morgan fingerprint density at radius 3 is 2.86 bits per heavy atom. The van der Waals surface area contributed by atoms with E-state index in [-0.39, 0.29) is 12.4 Å². The minimum atomic E-state index is -0.147. The van der Waals surface area contributed by atoms with Crippen LogP contribution in [0.1, 0.15) is 17.5 Å². The first kappa shape index (κ1) is 10.9. The molecule has 4 nitrogen and oxygen atoms in total. The summed E-state index contributed by atoms with van der Waals surface area (Å²) < 4.78 is 15.0. The van der Waals surface area contributed by atoms with Crippen LogP contribution in [-0.2, 0) is 9.47 Å². The highest BCUT2D eigenvalue weighted by atomic mass is 16.5. The molecule has 0 aliphatic carbocycles. The van der Waals surface area contributed by atoms with Gasteiger partial charge in [0.15, 0.2) is 5.76 Å². The maximum Gasteiger partial charge on any atom is 0.223 e. The van der Waals surface area contributed by atoms with Crippen molar-refractivity contribution in [3.05, 3.63) is 24.2 Å². The van der Waals surface area contributed by atoms with E-state index in [1.54, 1.807) is 12.1 Å². The SMILES string of the molecule is CCOCCOCC(=O)c1ccco1. The molecule has 0 aliphatic heterocycles. The number of hydrogen-bond donors (Lipinski definition) is 0. The molecule has 1 aromatic heterocycles. The van der Waals surface area contributed by atoms with Crippen LogP contribution >= 0.6 is 0 Å². The van der Waals surface area contributed by atoms with E-state index in [1.807, 2.05) is 6.92 Å². The van der Waals surface area contributed by atoms with Gasteiger partial charge in [-0.1, -0.05) is 0 Å². The van der Waals surface area contributed by atoms with Gasteiger partial charge in [-0.3, -0.25) is 4.79 Å². The molecular weight excluding hydrogens is 184 g/mol. The van der Waals surface area contributed by atoms with E-state index in [4.69, 9.17) is 13.9 Å². The van der Waals surface area contributed by atoms with Gasteiger partial charge >= 0.3 is 0 Å². The molecule has 0 spiro atoms. The van der Waals surface area contributed by atoms with E-state index in [2.05, 4.69) is 0 Å². The standard InChI is InChI=1S/C10H14O4/c1-2-12-6-7-13-8-9(11)10-4-3-5-14-10/h3-5H,2,6-8H2,1H3. The fraction of sp³-hybridized carbons (Fsp3) is 0.500. The topological polar surface area (TPSA) is 48.7 Å². The highest BCUT2D eigenvalue weighted by Crippen LogP contribution is 2.01. The van der Waals surface area contributed by atoms with Crippen molar-refractivity contribution in [1.82, 2.24) is 0 Å². The normalized spacial score (nSPS) is 10.4. The number of ketones is 1. The van der Waals surface area contributed by atoms with E-state index < -0.39 is 0 Å². The minimum absolute atomic E-state index is 0.0422. The molecule has 0 atom stereocenters. The lowest BCUT2D eigenvalue weighted by Gasteiger charge is -2.01. The van der Waals surface area contributed by atoms with Crippen LogP contribution in [-0.4, -0.2) is 32.2 Å². The zero-order valence-electron chi connectivity index (χ0n) is 8.19. The number of furan rings is 1. The molecule has 4 heteroatoms. The third-order valence-electron chi connectivity index (χ3n) is 1.61. The number of ether oxygens (including phenoxy) is 2. The van der Waals surface area contributed by atoms with Gasteiger partial charge in [0.05, 0.1) is 19.5 Å². The predicted molar refractivity (Wildman–Crippen MR) is 50.4 cm³/mol. The summed E-state index contributed by atoms with van der Waals surface area (Å²) in [5.41, 5.74) is 0. The van der Waals surface area contributed by atoms with Crippen molar-refractivity contribution in [2.24, 2.45) is 0 Å². The molecule has 0 saturated carbocycles. The van der Waals surface area contributed by atoms with Crippen molar-refractivity contribution in [2.75, 3.05) is 26.4 Å². The van der Waals surface area contributed by atoms with Crippen molar-refractivity contribution in [1.29, 1.82) is 0 Å². The molecule has 0 bridgehead atoms. The Labute approximate surface area is 82.8 Å². The van der Waals surface area contributed by atoms with Gasteiger partial charge in [0.25, 0.3) is 0 Å². The van der Waals surface area contributed by atoms with Gasteiger partial charge < -0.3 is 13.9 Å². The number of carbonyl (C=O) groups is 1. The summed E-state index contributed by atoms with van der Waals surface area (Å²) >= 11 is 0. The number of hydrogen-bond acceptors (Lipinski definition) is 4. The lowest BCUT2D eigenvalue weighted by atomic mass is 10.3. The Hall–Kier alpha value is -1.13. The Bertz CT molecular complexity index is 253. The molecule has 78 valence electrons. The zero-order chi connectivity index (χ0) is 10.2. The van der Waals surface area contributed by atoms with Gasteiger partial charge in [-0.15, -0.1) is 0 Å². The highest BCUT2D eigenvalue weighted by molar-refractivity contribution is 5.94. The zero-order valence-corrected chi connectivity index (χ0v) is 8.19. The highest BCUT2D eigenvalue weighted by Gasteiger charge is 2.07. The van der Waals surface area contributed by atoms with Crippen molar-refractivity contribution in [2.45, 2.75) is 6.92 Å². The molecule has 0 radical (unpaired) electrons. The summed E-state index contributed by atoms with van der Waals surface area (Å²) in [6.07, 6.45) is 1.47. The summed E-state index contributed by atoms with van der Waals surface area (Å²) in [7, 11) is 0. The molecule has 14 heavy (non-hydrogen) atoms. The van der Waals surface area contributed by atoms with E-state index in [9.17, 15) is 4.79 Å². The molecule has 1 heterocycles. The molecule has 0 aromatic carbocycles. The van der Waals surface area contributed by atoms with E-state index in [0.717, 1.165) is 0 Å². The van der Waals surface area contributed by atoms with Gasteiger partial charge in [-0.05, 0) is 19.1 Å². The number of rotatable bonds is 7. The summed E-state index contributed by atoms with van der Waals surface area (Å²) in [4.78, 5) is 11.3. The van der Waals surface area contributed by atoms with Crippen LogP contribution < -0.4 is 0 Å². The molecule has 0 N–H and O–H groups in total. The molecule has 0 saturated heterocycles. The lowest BCUT2D eigenvalue weighted by Crippen LogP contribution is -2.11. The second-order valence-electron chi connectivity index (χ2n) is 2.65. The summed E-state index contributed by atoms with van der Waals surface area (Å²) in [5, 5.41) is 0. The lowest BCUT2D eigenvalue weighted by molar-refractivity contribution is 0.0461. The van der Waals surface area contributed by atoms with Gasteiger partial charge in [-0.2, -0.15) is 0 Å². The van der Waals surface area contributed by atoms with Crippen molar-refractivity contribution < 1.29 is 18.7 Å². The van der Waals surface area contributed by atoms with Crippen LogP contribution in [0.25, 0.3) is 0 Å². The first-order chi connectivity index (χ1) is 6.84. The molecule has 1 aromatic rings. The van der Waals surface area contributed by atoms with Gasteiger partial charge in [0.1, 0.15) is 6.61 Å². The third-order valence-corrected chi connectivity index (χ3v) is 1.61. The van der Waals surface area contributed by atoms with Gasteiger partial charge in [0, 0.05) is 6.61 Å². The second kappa shape index (κ2) is 6.34. The quantitative estimate of drug-likeness (QED) is 0.492. The average Bonchev–Trinajstić information content (AvgIpc) is 2.70. The Kier molecular flexibility index (Phi) is 4.96. The summed E-state index contributed by atoms with van der Waals surface area (Å²) in [5.74, 6) is 0.188. The maximum absolute atomic E-state index is 11.3. The third kappa shape index (κ3) is 3.72. The van der Waals surface area contributed by atoms with Crippen LogP contribution in [0.4, 0.5) is 0 Å². The average molecular weight is 198 g/mol. The van der Waals surface area contributed by atoms with Crippen LogP contribution in [0.5, 0.6) is 0 Å². The van der Waals surface area contributed by atoms with E-state index in [1.165, 1.54) is 6.26 Å². The molecule has 1 rings (SSSR count). The fourth-order valence-electron chi connectivity index (χ4n) is 0.935. The Morgan fingerprint density at radius 2 is 2.21 bits per heavy atom. The molecule has 0 aliphatic rings. The smallest absolute Gasteiger partial charge is 0.223 e. The van der Waals surface area contributed by atoms with Crippen LogP contribution in [0.2, 0.25) is 0 Å². The molecule has 0 fully saturated rings. The van der Waals surface area contributed by atoms with Gasteiger partial charge in [-0.25, -0.2) is 0 Å². The molecule has 0 amide bonds. The largest absolute Gasteiger partial charge is 0.461 e. The van der Waals surface area contributed by atoms with Crippen molar-refractivity contribution in [3.8, 4) is 0 Å². The Balaban J connectivity index is 2.10. The number of Topliss-reactive ketones (excluding diaryl/α,β-unsaturated/α-hetero) is 1. The van der Waals surface area contributed by atoms with Gasteiger partial charge in [0.2, 0.25) is 5.78 Å². The summed E-state index contributed by atoms with van der Waals surface area (Å²) in [6.45, 7) is 3.56. The van der Waals surface area contributed by atoms with Crippen LogP contribution in [0.3, 0.4) is 0 Å². The first-order valence-electron chi connectivity index (χ1n) is 4.56. The summed E-state index contributed by atoms with van der Waals surface area (Å²) in [6, 6.07) is 3.29. The van der Waals surface area contributed by atoms with E-state index >= 15 is 0 Å².